The van der Waals surface area contributed by atoms with Gasteiger partial charge < -0.3 is 14.9 Å². The van der Waals surface area contributed by atoms with E-state index in [9.17, 15) is 5.11 Å². The van der Waals surface area contributed by atoms with Crippen LogP contribution in [0.3, 0.4) is 0 Å². The molecule has 0 amide bonds. The number of piperazine rings is 1. The minimum atomic E-state index is -0.487. The fourth-order valence-electron chi connectivity index (χ4n) is 3.01. The maximum absolute atomic E-state index is 10.3. The van der Waals surface area contributed by atoms with Crippen molar-refractivity contribution in [1.82, 2.24) is 9.80 Å². The van der Waals surface area contributed by atoms with E-state index in [4.69, 9.17) is 9.84 Å². The highest BCUT2D eigenvalue weighted by Gasteiger charge is 2.19. The molecule has 1 saturated heterocycles. The summed E-state index contributed by atoms with van der Waals surface area (Å²) in [5.74, 6) is 0.900. The first-order valence-electron chi connectivity index (χ1n) is 8.44. The molecule has 1 aliphatic rings. The summed E-state index contributed by atoms with van der Waals surface area (Å²) in [6.45, 7) is 11.8. The maximum atomic E-state index is 10.3. The van der Waals surface area contributed by atoms with Crippen LogP contribution in [0.25, 0.3) is 0 Å². The Morgan fingerprint density at radius 1 is 1.04 bits per heavy atom. The molecular formula is C18H30N2O3. The molecule has 0 radical (unpaired) electrons. The summed E-state index contributed by atoms with van der Waals surface area (Å²) < 4.78 is 5.89. The quantitative estimate of drug-likeness (QED) is 0.783. The third-order valence-electron chi connectivity index (χ3n) is 4.64. The van der Waals surface area contributed by atoms with Crippen LogP contribution in [0.2, 0.25) is 0 Å². The molecule has 130 valence electrons. The minimum absolute atomic E-state index is 0.214. The smallest absolute Gasteiger partial charge is 0.125 e. The average molecular weight is 322 g/mol. The van der Waals surface area contributed by atoms with Crippen LogP contribution in [-0.2, 0) is 0 Å². The van der Waals surface area contributed by atoms with Crippen molar-refractivity contribution in [2.24, 2.45) is 0 Å². The Morgan fingerprint density at radius 3 is 2.30 bits per heavy atom. The zero-order chi connectivity index (χ0) is 16.8. The highest BCUT2D eigenvalue weighted by Crippen LogP contribution is 2.25. The number of hydrogen-bond donors (Lipinski definition) is 2. The Morgan fingerprint density at radius 2 is 1.65 bits per heavy atom. The Hall–Kier alpha value is -1.14. The number of β-amino-alcohol motifs (C(OH)–C–C–N with tert-alkyl or cyclic N) is 2. The number of aliphatic hydroxyl groups is 2. The monoisotopic (exact) mass is 322 g/mol. The van der Waals surface area contributed by atoms with Crippen LogP contribution in [-0.4, -0.2) is 78.6 Å². The van der Waals surface area contributed by atoms with Crippen LogP contribution in [0.5, 0.6) is 5.75 Å². The Bertz CT molecular complexity index is 499. The lowest BCUT2D eigenvalue weighted by Gasteiger charge is -2.35. The summed E-state index contributed by atoms with van der Waals surface area (Å²) >= 11 is 0. The average Bonchev–Trinajstić information content (AvgIpc) is 2.53. The van der Waals surface area contributed by atoms with Crippen molar-refractivity contribution in [2.75, 3.05) is 52.5 Å². The highest BCUT2D eigenvalue weighted by atomic mass is 16.5. The second-order valence-electron chi connectivity index (χ2n) is 6.48. The molecule has 0 saturated carbocycles. The van der Waals surface area contributed by atoms with Crippen molar-refractivity contribution >= 4 is 0 Å². The van der Waals surface area contributed by atoms with Crippen molar-refractivity contribution in [3.8, 4) is 5.75 Å². The van der Waals surface area contributed by atoms with E-state index >= 15 is 0 Å². The molecule has 5 heteroatoms. The lowest BCUT2D eigenvalue weighted by atomic mass is 10.1. The van der Waals surface area contributed by atoms with Crippen LogP contribution in [0.15, 0.2) is 12.1 Å². The zero-order valence-electron chi connectivity index (χ0n) is 14.6. The maximum Gasteiger partial charge on any atom is 0.125 e. The molecular weight excluding hydrogens is 292 g/mol. The summed E-state index contributed by atoms with van der Waals surface area (Å²) in [4.78, 5) is 4.51. The van der Waals surface area contributed by atoms with Crippen molar-refractivity contribution < 1.29 is 14.9 Å². The van der Waals surface area contributed by atoms with Gasteiger partial charge in [0, 0.05) is 39.3 Å². The SMILES string of the molecule is Cc1ccc(C)c(OCC(O)CN2CCN(CCO)CC2)c1C. The molecule has 0 aromatic heterocycles. The van der Waals surface area contributed by atoms with E-state index in [-0.39, 0.29) is 6.61 Å². The number of nitrogens with zero attached hydrogens (tertiary/aromatic N) is 2. The number of ether oxygens (including phenoxy) is 1. The van der Waals surface area contributed by atoms with Crippen molar-refractivity contribution in [3.63, 3.8) is 0 Å². The fraction of sp³-hybridized carbons (Fsp3) is 0.667. The second kappa shape index (κ2) is 8.64. The summed E-state index contributed by atoms with van der Waals surface area (Å²) in [7, 11) is 0. The largest absolute Gasteiger partial charge is 0.490 e. The molecule has 0 aliphatic carbocycles. The number of hydrogen-bond acceptors (Lipinski definition) is 5. The molecule has 1 heterocycles. The molecule has 1 fully saturated rings. The van der Waals surface area contributed by atoms with Crippen LogP contribution in [0.1, 0.15) is 16.7 Å². The van der Waals surface area contributed by atoms with Gasteiger partial charge in [-0.3, -0.25) is 9.80 Å². The van der Waals surface area contributed by atoms with Gasteiger partial charge in [-0.15, -0.1) is 0 Å². The molecule has 23 heavy (non-hydrogen) atoms. The normalized spacial score (nSPS) is 18.1. The van der Waals surface area contributed by atoms with E-state index in [0.29, 0.717) is 13.2 Å². The molecule has 1 aromatic rings. The van der Waals surface area contributed by atoms with E-state index in [0.717, 1.165) is 49.6 Å². The Kier molecular flexibility index (Phi) is 6.84. The van der Waals surface area contributed by atoms with Gasteiger partial charge in [-0.25, -0.2) is 0 Å². The fourth-order valence-corrected chi connectivity index (χ4v) is 3.01. The van der Waals surface area contributed by atoms with Gasteiger partial charge in [-0.2, -0.15) is 0 Å². The van der Waals surface area contributed by atoms with Gasteiger partial charge in [0.1, 0.15) is 18.5 Å². The van der Waals surface area contributed by atoms with E-state index in [1.165, 1.54) is 5.56 Å². The van der Waals surface area contributed by atoms with Crippen LogP contribution in [0.4, 0.5) is 0 Å². The number of rotatable bonds is 7. The number of aryl methyl sites for hydroxylation is 2. The summed E-state index contributed by atoms with van der Waals surface area (Å²) in [5, 5.41) is 19.2. The number of benzene rings is 1. The zero-order valence-corrected chi connectivity index (χ0v) is 14.6. The minimum Gasteiger partial charge on any atom is -0.490 e. The molecule has 1 atom stereocenters. The topological polar surface area (TPSA) is 56.2 Å². The van der Waals surface area contributed by atoms with Crippen molar-refractivity contribution in [1.29, 1.82) is 0 Å². The standard InChI is InChI=1S/C18H30N2O3/c1-14-4-5-15(2)18(16(14)3)23-13-17(22)12-20-8-6-19(7-9-20)10-11-21/h4-5,17,21-22H,6-13H2,1-3H3. The van der Waals surface area contributed by atoms with Gasteiger partial charge in [0.25, 0.3) is 0 Å². The van der Waals surface area contributed by atoms with Gasteiger partial charge in [-0.05, 0) is 37.5 Å². The predicted molar refractivity (Wildman–Crippen MR) is 92.1 cm³/mol. The number of aliphatic hydroxyl groups excluding tert-OH is 2. The van der Waals surface area contributed by atoms with Gasteiger partial charge in [0.2, 0.25) is 0 Å². The lowest BCUT2D eigenvalue weighted by molar-refractivity contribution is 0.0425. The molecule has 0 bridgehead atoms. The predicted octanol–water partition coefficient (Wildman–Crippen LogP) is 0.961. The molecule has 0 spiro atoms. The van der Waals surface area contributed by atoms with Crippen LogP contribution < -0.4 is 4.74 Å². The first kappa shape index (κ1) is 18.2. The van der Waals surface area contributed by atoms with Crippen molar-refractivity contribution in [3.05, 3.63) is 28.8 Å². The molecule has 2 N–H and O–H groups in total. The lowest BCUT2D eigenvalue weighted by Crippen LogP contribution is -2.49. The molecule has 2 rings (SSSR count). The Balaban J connectivity index is 1.78. The highest BCUT2D eigenvalue weighted by molar-refractivity contribution is 5.44. The van der Waals surface area contributed by atoms with E-state index < -0.39 is 6.10 Å². The second-order valence-corrected chi connectivity index (χ2v) is 6.48. The molecule has 1 unspecified atom stereocenters. The Labute approximate surface area is 139 Å². The first-order chi connectivity index (χ1) is 11.0. The van der Waals surface area contributed by atoms with Crippen LogP contribution in [0, 0.1) is 20.8 Å². The van der Waals surface area contributed by atoms with Gasteiger partial charge in [-0.1, -0.05) is 12.1 Å². The molecule has 1 aliphatic heterocycles. The third kappa shape index (κ3) is 5.18. The van der Waals surface area contributed by atoms with Gasteiger partial charge in [0.15, 0.2) is 0 Å². The first-order valence-corrected chi connectivity index (χ1v) is 8.44. The summed E-state index contributed by atoms with van der Waals surface area (Å²) in [6.07, 6.45) is -0.487. The molecule has 5 nitrogen and oxygen atoms in total. The van der Waals surface area contributed by atoms with E-state index in [1.807, 2.05) is 6.92 Å². The van der Waals surface area contributed by atoms with Crippen LogP contribution >= 0.6 is 0 Å². The van der Waals surface area contributed by atoms with Gasteiger partial charge in [0.05, 0.1) is 6.61 Å². The van der Waals surface area contributed by atoms with Gasteiger partial charge >= 0.3 is 0 Å². The van der Waals surface area contributed by atoms with E-state index in [2.05, 4.69) is 35.8 Å². The molecule has 1 aromatic carbocycles. The summed E-state index contributed by atoms with van der Waals surface area (Å²) in [5.41, 5.74) is 3.47. The van der Waals surface area contributed by atoms with E-state index in [1.54, 1.807) is 0 Å². The third-order valence-corrected chi connectivity index (χ3v) is 4.64. The summed E-state index contributed by atoms with van der Waals surface area (Å²) in [6, 6.07) is 4.16. The van der Waals surface area contributed by atoms with Crippen molar-refractivity contribution in [2.45, 2.75) is 26.9 Å².